The second-order valence-electron chi connectivity index (χ2n) is 10.6. The number of nitrogens with two attached hydrogens (primary N) is 1. The van der Waals surface area contributed by atoms with Crippen molar-refractivity contribution in [3.05, 3.63) is 66.5 Å². The Kier molecular flexibility index (Phi) is 6.08. The van der Waals surface area contributed by atoms with Crippen LogP contribution in [0.2, 0.25) is 0 Å². The van der Waals surface area contributed by atoms with Gasteiger partial charge in [-0.3, -0.25) is 0 Å². The molecule has 0 saturated heterocycles. The summed E-state index contributed by atoms with van der Waals surface area (Å²) in [6.07, 6.45) is 6.13. The number of hydrogen-bond donors (Lipinski definition) is 1. The Bertz CT molecular complexity index is 1560. The predicted octanol–water partition coefficient (Wildman–Crippen LogP) is 5.89. The third kappa shape index (κ3) is 4.33. The summed E-state index contributed by atoms with van der Waals surface area (Å²) in [4.78, 5) is 16.3. The average Bonchev–Trinajstić information content (AvgIpc) is 3.30. The zero-order chi connectivity index (χ0) is 25.5. The van der Waals surface area contributed by atoms with Gasteiger partial charge in [-0.15, -0.1) is 0 Å². The Labute approximate surface area is 217 Å². The van der Waals surface area contributed by atoms with Gasteiger partial charge in [-0.1, -0.05) is 48.5 Å². The molecule has 0 amide bonds. The van der Waals surface area contributed by atoms with E-state index < -0.39 is 0 Å². The largest absolute Gasteiger partial charge is 0.383 e. The molecule has 6 rings (SSSR count). The molecule has 2 N–H and O–H groups in total. The number of anilines is 1. The molecule has 37 heavy (non-hydrogen) atoms. The first-order valence-electron chi connectivity index (χ1n) is 13.1. The molecular weight excluding hydrogens is 458 g/mol. The summed E-state index contributed by atoms with van der Waals surface area (Å²) >= 11 is 0. The molecule has 1 aliphatic carbocycles. The summed E-state index contributed by atoms with van der Waals surface area (Å²) in [5.41, 5.74) is 13.3. The van der Waals surface area contributed by atoms with E-state index in [2.05, 4.69) is 77.0 Å². The molecule has 7 heteroatoms. The van der Waals surface area contributed by atoms with E-state index in [1.165, 1.54) is 12.8 Å². The molecule has 0 spiro atoms. The van der Waals surface area contributed by atoms with E-state index in [-0.39, 0.29) is 0 Å². The van der Waals surface area contributed by atoms with Crippen molar-refractivity contribution < 1.29 is 0 Å². The van der Waals surface area contributed by atoms with Gasteiger partial charge in [0.25, 0.3) is 0 Å². The van der Waals surface area contributed by atoms with Crippen LogP contribution in [0.3, 0.4) is 0 Å². The van der Waals surface area contributed by atoms with Crippen molar-refractivity contribution in [2.24, 2.45) is 5.92 Å². The number of aryl methyl sites for hydroxylation is 1. The zero-order valence-corrected chi connectivity index (χ0v) is 21.7. The zero-order valence-electron chi connectivity index (χ0n) is 21.7. The van der Waals surface area contributed by atoms with E-state index >= 15 is 0 Å². The molecule has 0 atom stereocenters. The second kappa shape index (κ2) is 9.56. The van der Waals surface area contributed by atoms with E-state index in [0.717, 1.165) is 75.3 Å². The fourth-order valence-electron chi connectivity index (χ4n) is 5.88. The van der Waals surface area contributed by atoms with Crippen molar-refractivity contribution in [1.82, 2.24) is 29.6 Å². The van der Waals surface area contributed by atoms with Gasteiger partial charge in [-0.2, -0.15) is 5.10 Å². The van der Waals surface area contributed by atoms with Crippen LogP contribution in [0.25, 0.3) is 44.5 Å². The fraction of sp³-hybridized carbons (Fsp3) is 0.333. The predicted molar refractivity (Wildman–Crippen MR) is 150 cm³/mol. The van der Waals surface area contributed by atoms with Crippen LogP contribution in [-0.2, 0) is 0 Å². The molecule has 188 valence electrons. The minimum atomic E-state index is 0.313. The standard InChI is InChI=1S/C30H33N7/c1-19-24(15-11-22-12-16-25(34-27(19)22)21-7-5-4-6-8-21)28-26-29(31)32-18-33-30(26)37(35-28)23-13-9-20(10-14-23)17-36(2)3/h4-8,11-12,15-16,18,20,23H,9-10,13-14,17H2,1-3H3,(H2,31,32,33). The van der Waals surface area contributed by atoms with Gasteiger partial charge in [0.15, 0.2) is 5.65 Å². The van der Waals surface area contributed by atoms with E-state index in [0.29, 0.717) is 11.9 Å². The van der Waals surface area contributed by atoms with Crippen molar-refractivity contribution in [1.29, 1.82) is 0 Å². The van der Waals surface area contributed by atoms with Gasteiger partial charge in [0.05, 0.1) is 22.6 Å². The molecule has 2 aromatic carbocycles. The summed E-state index contributed by atoms with van der Waals surface area (Å²) in [7, 11) is 4.31. The summed E-state index contributed by atoms with van der Waals surface area (Å²) in [5.74, 6) is 1.21. The summed E-state index contributed by atoms with van der Waals surface area (Å²) in [5, 5.41) is 7.11. The molecule has 1 aliphatic rings. The van der Waals surface area contributed by atoms with Gasteiger partial charge in [0.1, 0.15) is 17.8 Å². The molecule has 1 fully saturated rings. The Morgan fingerprint density at radius 3 is 2.46 bits per heavy atom. The number of nitrogens with zero attached hydrogens (tertiary/aromatic N) is 6. The maximum atomic E-state index is 6.45. The number of fused-ring (bicyclic) bond motifs is 2. The summed E-state index contributed by atoms with van der Waals surface area (Å²) in [6.45, 7) is 3.26. The van der Waals surface area contributed by atoms with E-state index in [9.17, 15) is 0 Å². The van der Waals surface area contributed by atoms with Crippen LogP contribution < -0.4 is 5.73 Å². The van der Waals surface area contributed by atoms with Crippen LogP contribution in [0.1, 0.15) is 37.3 Å². The first kappa shape index (κ1) is 23.6. The molecule has 5 aromatic rings. The Balaban J connectivity index is 1.44. The van der Waals surface area contributed by atoms with Crippen molar-refractivity contribution >= 4 is 27.8 Å². The van der Waals surface area contributed by atoms with Crippen LogP contribution in [0, 0.1) is 12.8 Å². The SMILES string of the molecule is Cc1c(-c2nn(C3CCC(CN(C)C)CC3)c3ncnc(N)c23)ccc2ccc(-c3ccccc3)nc12. The van der Waals surface area contributed by atoms with Gasteiger partial charge < -0.3 is 10.6 Å². The maximum Gasteiger partial charge on any atom is 0.164 e. The summed E-state index contributed by atoms with van der Waals surface area (Å²) < 4.78 is 2.12. The molecule has 0 aliphatic heterocycles. The van der Waals surface area contributed by atoms with Crippen LogP contribution in [0.5, 0.6) is 0 Å². The second-order valence-corrected chi connectivity index (χ2v) is 10.6. The van der Waals surface area contributed by atoms with Crippen LogP contribution in [0.15, 0.2) is 60.9 Å². The number of hydrogen-bond acceptors (Lipinski definition) is 6. The van der Waals surface area contributed by atoms with Gasteiger partial charge in [0.2, 0.25) is 0 Å². The van der Waals surface area contributed by atoms with Crippen molar-refractivity contribution in [2.45, 2.75) is 38.6 Å². The molecule has 3 heterocycles. The normalized spacial score (nSPS) is 18.2. The molecular formula is C30H33N7. The fourth-order valence-corrected chi connectivity index (χ4v) is 5.88. The van der Waals surface area contributed by atoms with Gasteiger partial charge in [-0.25, -0.2) is 19.6 Å². The topological polar surface area (TPSA) is 85.8 Å². The van der Waals surface area contributed by atoms with E-state index in [4.69, 9.17) is 15.8 Å². The lowest BCUT2D eigenvalue weighted by Gasteiger charge is -2.30. The lowest BCUT2D eigenvalue weighted by atomic mass is 9.86. The number of benzene rings is 2. The van der Waals surface area contributed by atoms with E-state index in [1.807, 2.05) is 18.2 Å². The average molecular weight is 492 g/mol. The quantitative estimate of drug-likeness (QED) is 0.330. The smallest absolute Gasteiger partial charge is 0.164 e. The summed E-state index contributed by atoms with van der Waals surface area (Å²) in [6, 6.07) is 19.1. The molecule has 7 nitrogen and oxygen atoms in total. The third-order valence-corrected chi connectivity index (χ3v) is 7.74. The van der Waals surface area contributed by atoms with Crippen molar-refractivity contribution in [2.75, 3.05) is 26.4 Å². The van der Waals surface area contributed by atoms with Crippen LogP contribution >= 0.6 is 0 Å². The first-order chi connectivity index (χ1) is 18.0. The maximum absolute atomic E-state index is 6.45. The minimum absolute atomic E-state index is 0.313. The molecule has 3 aromatic heterocycles. The lowest BCUT2D eigenvalue weighted by Crippen LogP contribution is -2.27. The molecule has 0 unspecified atom stereocenters. The highest BCUT2D eigenvalue weighted by atomic mass is 15.3. The number of pyridine rings is 1. The highest BCUT2D eigenvalue weighted by Gasteiger charge is 2.27. The van der Waals surface area contributed by atoms with Crippen LogP contribution in [-0.4, -0.2) is 50.3 Å². The molecule has 1 saturated carbocycles. The number of rotatable bonds is 5. The molecule has 0 bridgehead atoms. The van der Waals surface area contributed by atoms with Crippen molar-refractivity contribution in [3.8, 4) is 22.5 Å². The van der Waals surface area contributed by atoms with E-state index in [1.54, 1.807) is 6.33 Å². The van der Waals surface area contributed by atoms with Crippen LogP contribution in [0.4, 0.5) is 5.82 Å². The monoisotopic (exact) mass is 491 g/mol. The molecule has 0 radical (unpaired) electrons. The third-order valence-electron chi connectivity index (χ3n) is 7.74. The number of aromatic nitrogens is 5. The van der Waals surface area contributed by atoms with Gasteiger partial charge in [-0.05, 0) is 64.3 Å². The lowest BCUT2D eigenvalue weighted by molar-refractivity contribution is 0.219. The number of nitrogen functional groups attached to an aromatic ring is 1. The Morgan fingerprint density at radius 1 is 0.946 bits per heavy atom. The highest BCUT2D eigenvalue weighted by molar-refractivity contribution is 6.01. The van der Waals surface area contributed by atoms with Crippen molar-refractivity contribution in [3.63, 3.8) is 0 Å². The highest BCUT2D eigenvalue weighted by Crippen LogP contribution is 2.39. The van der Waals surface area contributed by atoms with Gasteiger partial charge >= 0.3 is 0 Å². The Morgan fingerprint density at radius 2 is 1.70 bits per heavy atom. The van der Waals surface area contributed by atoms with Gasteiger partial charge in [0, 0.05) is 23.1 Å². The first-order valence-corrected chi connectivity index (χ1v) is 13.1. The Hall–Kier alpha value is -3.84. The minimum Gasteiger partial charge on any atom is -0.383 e.